The molecule has 3 amide bonds. The lowest BCUT2D eigenvalue weighted by Gasteiger charge is -2.23. The molecule has 1 saturated heterocycles. The first-order valence-corrected chi connectivity index (χ1v) is 16.8. The van der Waals surface area contributed by atoms with E-state index in [-0.39, 0.29) is 74.8 Å². The summed E-state index contributed by atoms with van der Waals surface area (Å²) in [7, 11) is 0. The molecular weight excluding hydrogens is 620 g/mol. The molecule has 1 heterocycles. The third-order valence-corrected chi connectivity index (χ3v) is 8.01. The summed E-state index contributed by atoms with van der Waals surface area (Å²) in [4.78, 5) is 51.4. The quantitative estimate of drug-likeness (QED) is 0.0630. The van der Waals surface area contributed by atoms with Crippen LogP contribution < -0.4 is 33.2 Å². The van der Waals surface area contributed by atoms with Crippen LogP contribution in [0.5, 0.6) is 5.75 Å². The Balaban J connectivity index is 1.52. The second-order valence-corrected chi connectivity index (χ2v) is 11.9. The van der Waals surface area contributed by atoms with Gasteiger partial charge in [0.2, 0.25) is 17.7 Å². The number of ether oxygens (including phenoxy) is 2. The molecule has 15 nitrogen and oxygen atoms in total. The van der Waals surface area contributed by atoms with Crippen molar-refractivity contribution in [1.82, 2.24) is 20.9 Å². The molecule has 0 aromatic heterocycles. The van der Waals surface area contributed by atoms with E-state index in [1.807, 2.05) is 0 Å². The molecule has 48 heavy (non-hydrogen) atoms. The average Bonchev–Trinajstić information content (AvgIpc) is 3.56. The number of carbonyl (C=O) groups excluding carboxylic acids is 4. The number of phenols is 1. The summed E-state index contributed by atoms with van der Waals surface area (Å²) in [6.45, 7) is 2.29. The summed E-state index contributed by atoms with van der Waals surface area (Å²) in [6.07, 6.45) is 5.63. The largest absolute Gasteiger partial charge is 0.508 e. The number of nitrogens with one attached hydrogen (secondary N) is 3. The molecule has 1 fully saturated rings. The zero-order valence-corrected chi connectivity index (χ0v) is 27.9. The molecule has 1 aromatic rings. The number of nitrogens with zero attached hydrogens (tertiary/aromatic N) is 2. The Labute approximate surface area is 283 Å². The molecule has 1 aromatic carbocycles. The number of nitriles is 1. The van der Waals surface area contributed by atoms with Gasteiger partial charge in [0, 0.05) is 19.6 Å². The first-order chi connectivity index (χ1) is 23.2. The SMILES string of the molecule is N#C[C@@H]1CCCN1C(=O)[C@@H](N)CCCCNC(=O)COCCOCCNC(=O)[C@H](CCCCN)NCC(=O)[C@@H](N)Cc1ccc(O)cc1. The predicted molar refractivity (Wildman–Crippen MR) is 179 cm³/mol. The molecule has 15 heteroatoms. The molecule has 1 aliphatic rings. The monoisotopic (exact) mass is 674 g/mol. The van der Waals surface area contributed by atoms with Crippen LogP contribution in [0.15, 0.2) is 24.3 Å². The van der Waals surface area contributed by atoms with Gasteiger partial charge >= 0.3 is 0 Å². The summed E-state index contributed by atoms with van der Waals surface area (Å²) in [5.74, 6) is -0.786. The number of carbonyl (C=O) groups is 4. The summed E-state index contributed by atoms with van der Waals surface area (Å²) in [5.41, 5.74) is 18.5. The van der Waals surface area contributed by atoms with E-state index in [1.54, 1.807) is 17.0 Å². The fourth-order valence-corrected chi connectivity index (χ4v) is 5.20. The Bertz CT molecular complexity index is 1160. The third-order valence-electron chi connectivity index (χ3n) is 8.01. The van der Waals surface area contributed by atoms with Crippen molar-refractivity contribution >= 4 is 23.5 Å². The van der Waals surface area contributed by atoms with Gasteiger partial charge in [-0.1, -0.05) is 18.6 Å². The maximum absolute atomic E-state index is 12.8. The number of nitrogens with two attached hydrogens (primary N) is 3. The number of ketones is 1. The molecule has 1 aliphatic heterocycles. The van der Waals surface area contributed by atoms with Gasteiger partial charge in [-0.05, 0) is 75.6 Å². The van der Waals surface area contributed by atoms with Crippen LogP contribution in [0.2, 0.25) is 0 Å². The Morgan fingerprint density at radius 1 is 0.958 bits per heavy atom. The molecule has 2 rings (SSSR count). The van der Waals surface area contributed by atoms with Crippen LogP contribution in [0.1, 0.15) is 56.9 Å². The van der Waals surface area contributed by atoms with Crippen molar-refractivity contribution in [2.75, 3.05) is 59.2 Å². The number of amides is 3. The van der Waals surface area contributed by atoms with Crippen LogP contribution in [0, 0.1) is 11.3 Å². The van der Waals surface area contributed by atoms with Crippen LogP contribution in [-0.4, -0.2) is 117 Å². The van der Waals surface area contributed by atoms with Gasteiger partial charge in [-0.15, -0.1) is 0 Å². The van der Waals surface area contributed by atoms with E-state index in [0.29, 0.717) is 58.2 Å². The van der Waals surface area contributed by atoms with Crippen LogP contribution in [0.3, 0.4) is 0 Å². The Morgan fingerprint density at radius 3 is 2.42 bits per heavy atom. The lowest BCUT2D eigenvalue weighted by molar-refractivity contribution is -0.132. The van der Waals surface area contributed by atoms with Gasteiger partial charge in [-0.2, -0.15) is 5.26 Å². The fraction of sp³-hybridized carbons (Fsp3) is 0.667. The van der Waals surface area contributed by atoms with E-state index < -0.39 is 18.1 Å². The number of hydrogen-bond donors (Lipinski definition) is 7. The molecule has 4 atom stereocenters. The van der Waals surface area contributed by atoms with Gasteiger partial charge in [-0.3, -0.25) is 24.5 Å². The molecule has 0 bridgehead atoms. The standard InChI is InChI=1S/C33H54N8O7/c34-13-3-1-8-29(40-22-30(43)28(37)20-24-9-11-26(42)12-10-24)32(45)39-15-17-47-18-19-48-23-31(44)38-14-4-2-7-27(36)33(46)41-16-5-6-25(41)21-35/h9-12,25,27-29,40,42H,1-8,13-20,22-23,34,36-37H2,(H,38,44)(H,39,45)/t25-,27-,28-,29-/m0/s1. The van der Waals surface area contributed by atoms with Crippen LogP contribution in [0.25, 0.3) is 0 Å². The minimum absolute atomic E-state index is 0.0556. The molecule has 0 saturated carbocycles. The first-order valence-electron chi connectivity index (χ1n) is 16.8. The molecule has 10 N–H and O–H groups in total. The number of rotatable bonds is 25. The maximum atomic E-state index is 12.8. The smallest absolute Gasteiger partial charge is 0.245 e. The normalized spacial score (nSPS) is 16.1. The topological polar surface area (TPSA) is 248 Å². The van der Waals surface area contributed by atoms with Crippen molar-refractivity contribution in [2.45, 2.75) is 82.0 Å². The van der Waals surface area contributed by atoms with Crippen molar-refractivity contribution < 1.29 is 33.8 Å². The minimum Gasteiger partial charge on any atom is -0.508 e. The second-order valence-electron chi connectivity index (χ2n) is 11.9. The number of phenolic OH excluding ortho intramolecular Hbond substituents is 1. The van der Waals surface area contributed by atoms with Gasteiger partial charge in [0.1, 0.15) is 18.4 Å². The van der Waals surface area contributed by atoms with Crippen molar-refractivity contribution in [2.24, 2.45) is 17.2 Å². The predicted octanol–water partition coefficient (Wildman–Crippen LogP) is -0.804. The van der Waals surface area contributed by atoms with Gasteiger partial charge < -0.3 is 47.3 Å². The minimum atomic E-state index is -0.746. The molecule has 268 valence electrons. The van der Waals surface area contributed by atoms with Gasteiger partial charge in [0.25, 0.3) is 0 Å². The number of benzene rings is 1. The van der Waals surface area contributed by atoms with E-state index in [0.717, 1.165) is 24.8 Å². The summed E-state index contributed by atoms with van der Waals surface area (Å²) in [6, 6.07) is 6.29. The number of aromatic hydroxyl groups is 1. The molecule has 0 radical (unpaired) electrons. The summed E-state index contributed by atoms with van der Waals surface area (Å²) < 4.78 is 10.8. The van der Waals surface area contributed by atoms with Gasteiger partial charge in [-0.25, -0.2) is 0 Å². The zero-order valence-electron chi connectivity index (χ0n) is 27.9. The van der Waals surface area contributed by atoms with Crippen molar-refractivity contribution in [3.8, 4) is 11.8 Å². The van der Waals surface area contributed by atoms with Crippen LogP contribution in [0.4, 0.5) is 0 Å². The highest BCUT2D eigenvalue weighted by Gasteiger charge is 2.31. The molecule has 0 unspecified atom stereocenters. The van der Waals surface area contributed by atoms with E-state index in [4.69, 9.17) is 31.9 Å². The Morgan fingerprint density at radius 2 is 1.69 bits per heavy atom. The lowest BCUT2D eigenvalue weighted by Crippen LogP contribution is -2.49. The molecular formula is C33H54N8O7. The van der Waals surface area contributed by atoms with Gasteiger partial charge in [0.15, 0.2) is 5.78 Å². The van der Waals surface area contributed by atoms with E-state index in [2.05, 4.69) is 22.0 Å². The molecule has 0 spiro atoms. The fourth-order valence-electron chi connectivity index (χ4n) is 5.20. The Hall–Kier alpha value is -3.65. The third kappa shape index (κ3) is 16.0. The number of hydrogen-bond acceptors (Lipinski definition) is 12. The number of likely N-dealkylation sites (tertiary alicyclic amines) is 1. The Kier molecular flexibility index (Phi) is 20.0. The van der Waals surface area contributed by atoms with E-state index in [1.165, 1.54) is 12.1 Å². The van der Waals surface area contributed by atoms with E-state index >= 15 is 0 Å². The lowest BCUT2D eigenvalue weighted by atomic mass is 10.0. The number of unbranched alkanes of at least 4 members (excludes halogenated alkanes) is 2. The summed E-state index contributed by atoms with van der Waals surface area (Å²) in [5, 5.41) is 27.2. The number of Topliss-reactive ketones (excluding diaryl/α,β-unsaturated/α-hetero) is 1. The highest BCUT2D eigenvalue weighted by atomic mass is 16.5. The highest BCUT2D eigenvalue weighted by molar-refractivity contribution is 5.87. The van der Waals surface area contributed by atoms with Crippen LogP contribution >= 0.6 is 0 Å². The van der Waals surface area contributed by atoms with Crippen LogP contribution in [-0.2, 0) is 35.1 Å². The maximum Gasteiger partial charge on any atom is 0.245 e. The van der Waals surface area contributed by atoms with Crippen molar-refractivity contribution in [1.29, 1.82) is 5.26 Å². The highest BCUT2D eigenvalue weighted by Crippen LogP contribution is 2.18. The zero-order chi connectivity index (χ0) is 35.1. The van der Waals surface area contributed by atoms with Gasteiger partial charge in [0.05, 0.1) is 50.6 Å². The average molecular weight is 675 g/mol. The molecule has 0 aliphatic carbocycles. The summed E-state index contributed by atoms with van der Waals surface area (Å²) >= 11 is 0. The van der Waals surface area contributed by atoms with Crippen molar-refractivity contribution in [3.05, 3.63) is 29.8 Å². The second kappa shape index (κ2) is 23.6. The van der Waals surface area contributed by atoms with E-state index in [9.17, 15) is 24.3 Å². The van der Waals surface area contributed by atoms with Crippen molar-refractivity contribution in [3.63, 3.8) is 0 Å². The first kappa shape index (κ1) is 40.5.